The van der Waals surface area contributed by atoms with Crippen LogP contribution in [0.15, 0.2) is 18.7 Å². The van der Waals surface area contributed by atoms with Gasteiger partial charge in [-0.05, 0) is 30.2 Å². The number of rotatable bonds is 1. The summed E-state index contributed by atoms with van der Waals surface area (Å²) in [4.78, 5) is 11.6. The fraction of sp³-hybridized carbons (Fsp3) is 0.538. The molecule has 16 heavy (non-hydrogen) atoms. The molecule has 2 aromatic heterocycles. The smallest absolute Gasteiger partial charge is 0.140 e. The van der Waals surface area contributed by atoms with Crippen molar-refractivity contribution in [2.75, 3.05) is 0 Å². The first kappa shape index (κ1) is 9.82. The van der Waals surface area contributed by atoms with E-state index in [0.29, 0.717) is 5.92 Å². The Labute approximate surface area is 95.3 Å². The monoisotopic (exact) mass is 215 g/mol. The maximum Gasteiger partial charge on any atom is 0.140 e. The maximum atomic E-state index is 4.25. The molecule has 0 spiro atoms. The third kappa shape index (κ3) is 1.60. The van der Waals surface area contributed by atoms with Crippen molar-refractivity contribution < 1.29 is 0 Å². The molecule has 3 nitrogen and oxygen atoms in total. The molecule has 2 aromatic rings. The Morgan fingerprint density at radius 1 is 1.38 bits per heavy atom. The Balaban J connectivity index is 1.99. The molecule has 1 aliphatic carbocycles. The van der Waals surface area contributed by atoms with Crippen molar-refractivity contribution in [2.24, 2.45) is 5.92 Å². The summed E-state index contributed by atoms with van der Waals surface area (Å²) in [7, 11) is 0. The fourth-order valence-corrected chi connectivity index (χ4v) is 2.93. The molecule has 0 amide bonds. The summed E-state index contributed by atoms with van der Waals surface area (Å²) in [6.07, 6.45) is 11.0. The van der Waals surface area contributed by atoms with Crippen LogP contribution in [0.5, 0.6) is 0 Å². The lowest BCUT2D eigenvalue weighted by Gasteiger charge is -2.26. The number of nitrogens with one attached hydrogen (secondary N) is 1. The minimum atomic E-state index is 0.698. The van der Waals surface area contributed by atoms with Gasteiger partial charge in [0.05, 0.1) is 0 Å². The van der Waals surface area contributed by atoms with E-state index in [0.717, 1.165) is 11.6 Å². The second kappa shape index (κ2) is 3.89. The molecular weight excluding hydrogens is 198 g/mol. The van der Waals surface area contributed by atoms with Crippen LogP contribution in [-0.2, 0) is 0 Å². The lowest BCUT2D eigenvalue weighted by atomic mass is 9.79. The number of aromatic nitrogens is 3. The highest BCUT2D eigenvalue weighted by molar-refractivity contribution is 5.79. The topological polar surface area (TPSA) is 41.6 Å². The summed E-state index contributed by atoms with van der Waals surface area (Å²) >= 11 is 0. The summed E-state index contributed by atoms with van der Waals surface area (Å²) in [6.45, 7) is 2.36. The second-order valence-electron chi connectivity index (χ2n) is 5.00. The number of hydrogen-bond acceptors (Lipinski definition) is 2. The number of nitrogens with zero attached hydrogens (tertiary/aromatic N) is 2. The van der Waals surface area contributed by atoms with E-state index in [2.05, 4.69) is 28.1 Å². The van der Waals surface area contributed by atoms with Crippen LogP contribution >= 0.6 is 0 Å². The molecule has 2 atom stereocenters. The molecule has 84 valence electrons. The molecule has 1 N–H and O–H groups in total. The summed E-state index contributed by atoms with van der Waals surface area (Å²) in [5.41, 5.74) is 2.39. The van der Waals surface area contributed by atoms with E-state index in [-0.39, 0.29) is 0 Å². The van der Waals surface area contributed by atoms with Crippen LogP contribution in [0.4, 0.5) is 0 Å². The van der Waals surface area contributed by atoms with Gasteiger partial charge in [-0.15, -0.1) is 0 Å². The molecule has 0 saturated heterocycles. The number of aromatic amines is 1. The standard InChI is InChI=1S/C13H17N3/c1-9-3-2-4-10(5-9)11-7-15-13-12(11)6-14-8-16-13/h6-10H,2-5H2,1H3,(H,14,15,16). The van der Waals surface area contributed by atoms with Crippen molar-refractivity contribution >= 4 is 11.0 Å². The van der Waals surface area contributed by atoms with Gasteiger partial charge in [-0.3, -0.25) is 0 Å². The zero-order chi connectivity index (χ0) is 11.0. The normalized spacial score (nSPS) is 26.1. The first-order valence-electron chi connectivity index (χ1n) is 6.11. The van der Waals surface area contributed by atoms with Gasteiger partial charge in [-0.25, -0.2) is 9.97 Å². The molecule has 0 bridgehead atoms. The fourth-order valence-electron chi connectivity index (χ4n) is 2.93. The van der Waals surface area contributed by atoms with Gasteiger partial charge in [-0.1, -0.05) is 19.8 Å². The maximum absolute atomic E-state index is 4.25. The van der Waals surface area contributed by atoms with Gasteiger partial charge in [0, 0.05) is 17.8 Å². The van der Waals surface area contributed by atoms with Gasteiger partial charge in [0.25, 0.3) is 0 Å². The van der Waals surface area contributed by atoms with Crippen LogP contribution in [-0.4, -0.2) is 15.0 Å². The Hall–Kier alpha value is -1.38. The lowest BCUT2D eigenvalue weighted by molar-refractivity contribution is 0.345. The third-order valence-corrected chi connectivity index (χ3v) is 3.76. The van der Waals surface area contributed by atoms with Gasteiger partial charge in [0.1, 0.15) is 12.0 Å². The van der Waals surface area contributed by atoms with Crippen molar-refractivity contribution in [1.82, 2.24) is 15.0 Å². The van der Waals surface area contributed by atoms with Crippen LogP contribution in [0.2, 0.25) is 0 Å². The molecule has 0 aliphatic heterocycles. The van der Waals surface area contributed by atoms with E-state index in [9.17, 15) is 0 Å². The zero-order valence-electron chi connectivity index (χ0n) is 9.61. The molecule has 1 aliphatic rings. The summed E-state index contributed by atoms with van der Waals surface area (Å²) in [5, 5.41) is 1.21. The molecular formula is C13H17N3. The first-order chi connectivity index (χ1) is 7.84. The van der Waals surface area contributed by atoms with Gasteiger partial charge in [0.15, 0.2) is 0 Å². The van der Waals surface area contributed by atoms with Crippen LogP contribution in [0, 0.1) is 5.92 Å². The number of hydrogen-bond donors (Lipinski definition) is 1. The van der Waals surface area contributed by atoms with Crippen molar-refractivity contribution in [1.29, 1.82) is 0 Å². The van der Waals surface area contributed by atoms with Crippen LogP contribution in [0.3, 0.4) is 0 Å². The van der Waals surface area contributed by atoms with Crippen molar-refractivity contribution in [2.45, 2.75) is 38.5 Å². The van der Waals surface area contributed by atoms with Gasteiger partial charge in [-0.2, -0.15) is 0 Å². The van der Waals surface area contributed by atoms with Gasteiger partial charge < -0.3 is 4.98 Å². The van der Waals surface area contributed by atoms with Gasteiger partial charge in [0.2, 0.25) is 0 Å². The highest BCUT2D eigenvalue weighted by Crippen LogP contribution is 2.38. The molecule has 0 aromatic carbocycles. The molecule has 1 saturated carbocycles. The Kier molecular flexibility index (Phi) is 2.39. The van der Waals surface area contributed by atoms with Crippen LogP contribution in [0.25, 0.3) is 11.0 Å². The summed E-state index contributed by atoms with van der Waals surface area (Å²) in [6, 6.07) is 0. The van der Waals surface area contributed by atoms with Gasteiger partial charge >= 0.3 is 0 Å². The largest absolute Gasteiger partial charge is 0.346 e. The molecule has 3 rings (SSSR count). The van der Waals surface area contributed by atoms with Crippen LogP contribution < -0.4 is 0 Å². The SMILES string of the molecule is CC1CCCC(c2c[nH]c3ncncc23)C1. The molecule has 3 heteroatoms. The van der Waals surface area contributed by atoms with E-state index >= 15 is 0 Å². The Morgan fingerprint density at radius 2 is 2.31 bits per heavy atom. The van der Waals surface area contributed by atoms with E-state index in [4.69, 9.17) is 0 Å². The highest BCUT2D eigenvalue weighted by Gasteiger charge is 2.22. The minimum Gasteiger partial charge on any atom is -0.346 e. The average Bonchev–Trinajstić information content (AvgIpc) is 2.72. The van der Waals surface area contributed by atoms with Crippen molar-refractivity contribution in [3.05, 3.63) is 24.3 Å². The van der Waals surface area contributed by atoms with E-state index in [1.54, 1.807) is 6.33 Å². The molecule has 0 radical (unpaired) electrons. The van der Waals surface area contributed by atoms with Crippen LogP contribution in [0.1, 0.15) is 44.1 Å². The number of H-pyrrole nitrogens is 1. The minimum absolute atomic E-state index is 0.698. The summed E-state index contributed by atoms with van der Waals surface area (Å²) < 4.78 is 0. The quantitative estimate of drug-likeness (QED) is 0.793. The van der Waals surface area contributed by atoms with E-state index < -0.39 is 0 Å². The summed E-state index contributed by atoms with van der Waals surface area (Å²) in [5.74, 6) is 1.55. The van der Waals surface area contributed by atoms with Crippen molar-refractivity contribution in [3.8, 4) is 0 Å². The Morgan fingerprint density at radius 3 is 3.19 bits per heavy atom. The number of fused-ring (bicyclic) bond motifs is 1. The van der Waals surface area contributed by atoms with Crippen molar-refractivity contribution in [3.63, 3.8) is 0 Å². The second-order valence-corrected chi connectivity index (χ2v) is 5.00. The molecule has 2 unspecified atom stereocenters. The predicted octanol–water partition coefficient (Wildman–Crippen LogP) is 3.25. The predicted molar refractivity (Wildman–Crippen MR) is 64.3 cm³/mol. The van der Waals surface area contributed by atoms with E-state index in [1.807, 2.05) is 6.20 Å². The highest BCUT2D eigenvalue weighted by atomic mass is 14.9. The molecule has 1 fully saturated rings. The molecule has 2 heterocycles. The van der Waals surface area contributed by atoms with E-state index in [1.165, 1.54) is 36.6 Å². The lowest BCUT2D eigenvalue weighted by Crippen LogP contribution is -2.11. The third-order valence-electron chi connectivity index (χ3n) is 3.76. The Bertz CT molecular complexity index is 489. The zero-order valence-corrected chi connectivity index (χ0v) is 9.61. The first-order valence-corrected chi connectivity index (χ1v) is 6.11. The average molecular weight is 215 g/mol.